The Kier molecular flexibility index (Phi) is 12.2. The standard InChI is InChI=1S/C14H24N2S2.C2H6/c1-3-8-16(9-4-2)10-6-5-7-15-12-11-13(17)14(12)18;1-2/h11,15H,3-10H2,1-2H3;1-2H3. The molecular formula is C16H30N2S2. The van der Waals surface area contributed by atoms with E-state index in [9.17, 15) is 0 Å². The largest absolute Gasteiger partial charge is 0.384 e. The second-order valence-corrected chi connectivity index (χ2v) is 5.57. The number of rotatable bonds is 10. The van der Waals surface area contributed by atoms with Gasteiger partial charge < -0.3 is 10.2 Å². The average Bonchev–Trinajstić information content (AvgIpc) is 2.48. The normalized spacial score (nSPS) is 10.4. The topological polar surface area (TPSA) is 15.3 Å². The first-order valence-electron chi connectivity index (χ1n) is 7.95. The van der Waals surface area contributed by atoms with Gasteiger partial charge in [-0.25, -0.2) is 0 Å². The van der Waals surface area contributed by atoms with Gasteiger partial charge in [0.2, 0.25) is 0 Å². The van der Waals surface area contributed by atoms with E-state index in [4.69, 9.17) is 24.4 Å². The number of hydrogen-bond donors (Lipinski definition) is 1. The van der Waals surface area contributed by atoms with Crippen LogP contribution in [0.3, 0.4) is 0 Å². The molecule has 0 saturated heterocycles. The summed E-state index contributed by atoms with van der Waals surface area (Å²) in [6, 6.07) is 1.96. The van der Waals surface area contributed by atoms with Crippen molar-refractivity contribution in [3.8, 4) is 0 Å². The Morgan fingerprint density at radius 3 is 2.05 bits per heavy atom. The van der Waals surface area contributed by atoms with Gasteiger partial charge in [-0.1, -0.05) is 52.1 Å². The SMILES string of the molecule is CC.CCCN(CCC)CCCCNc1cc(=S)c1=S. The van der Waals surface area contributed by atoms with E-state index in [0.29, 0.717) is 0 Å². The number of nitrogens with one attached hydrogen (secondary N) is 1. The van der Waals surface area contributed by atoms with Crippen LogP contribution in [-0.4, -0.2) is 31.1 Å². The summed E-state index contributed by atoms with van der Waals surface area (Å²) < 4.78 is 1.66. The Balaban J connectivity index is 0.00000172. The molecule has 0 radical (unpaired) electrons. The van der Waals surface area contributed by atoms with Crippen LogP contribution in [0.2, 0.25) is 0 Å². The molecule has 0 atom stereocenters. The van der Waals surface area contributed by atoms with E-state index >= 15 is 0 Å². The maximum atomic E-state index is 5.14. The highest BCUT2D eigenvalue weighted by molar-refractivity contribution is 7.74. The molecule has 1 aromatic carbocycles. The van der Waals surface area contributed by atoms with Gasteiger partial charge in [0.15, 0.2) is 0 Å². The van der Waals surface area contributed by atoms with Gasteiger partial charge in [-0.2, -0.15) is 0 Å². The number of hydrogen-bond acceptors (Lipinski definition) is 4. The highest BCUT2D eigenvalue weighted by atomic mass is 32.1. The molecule has 2 nitrogen and oxygen atoms in total. The molecule has 116 valence electrons. The van der Waals surface area contributed by atoms with Gasteiger partial charge in [0.1, 0.15) is 0 Å². The van der Waals surface area contributed by atoms with Crippen LogP contribution < -0.4 is 5.32 Å². The van der Waals surface area contributed by atoms with Crippen LogP contribution in [0.4, 0.5) is 5.69 Å². The lowest BCUT2D eigenvalue weighted by Crippen LogP contribution is -2.26. The number of unbranched alkanes of at least 4 members (excludes halogenated alkanes) is 1. The minimum Gasteiger partial charge on any atom is -0.384 e. The molecule has 0 aliphatic carbocycles. The fourth-order valence-electron chi connectivity index (χ4n) is 2.10. The van der Waals surface area contributed by atoms with Gasteiger partial charge in [-0.3, -0.25) is 0 Å². The van der Waals surface area contributed by atoms with Crippen molar-refractivity contribution < 1.29 is 0 Å². The lowest BCUT2D eigenvalue weighted by atomic mass is 10.2. The number of anilines is 1. The minimum absolute atomic E-state index is 0.824. The van der Waals surface area contributed by atoms with E-state index in [1.165, 1.54) is 45.3 Å². The second-order valence-electron chi connectivity index (χ2n) is 4.73. The summed E-state index contributed by atoms with van der Waals surface area (Å²) in [7, 11) is 0. The maximum Gasteiger partial charge on any atom is 0.0790 e. The molecule has 0 aliphatic rings. The molecule has 0 heterocycles. The van der Waals surface area contributed by atoms with Crippen LogP contribution in [0, 0.1) is 9.02 Å². The summed E-state index contributed by atoms with van der Waals surface area (Å²) in [5.74, 6) is 0. The van der Waals surface area contributed by atoms with Crippen LogP contribution in [0.5, 0.6) is 0 Å². The molecule has 4 heteroatoms. The molecule has 0 aliphatic heterocycles. The molecule has 0 bridgehead atoms. The minimum atomic E-state index is 0.824. The Hall–Kier alpha value is -0.320. The van der Waals surface area contributed by atoms with Crippen LogP contribution in [0.15, 0.2) is 6.07 Å². The van der Waals surface area contributed by atoms with Gasteiger partial charge in [0.05, 0.1) is 14.7 Å². The molecule has 0 saturated carbocycles. The lowest BCUT2D eigenvalue weighted by Gasteiger charge is -2.20. The van der Waals surface area contributed by atoms with E-state index in [0.717, 1.165) is 21.3 Å². The summed E-state index contributed by atoms with van der Waals surface area (Å²) >= 11 is 10.1. The second kappa shape index (κ2) is 12.4. The Bertz CT molecular complexity index is 402. The van der Waals surface area contributed by atoms with Gasteiger partial charge in [0, 0.05) is 6.54 Å². The van der Waals surface area contributed by atoms with E-state index in [1.54, 1.807) is 0 Å². The van der Waals surface area contributed by atoms with Gasteiger partial charge >= 0.3 is 0 Å². The van der Waals surface area contributed by atoms with Gasteiger partial charge in [-0.15, -0.1) is 0 Å². The summed E-state index contributed by atoms with van der Waals surface area (Å²) in [5.41, 5.74) is 1.06. The maximum absolute atomic E-state index is 5.14. The Morgan fingerprint density at radius 2 is 1.60 bits per heavy atom. The highest BCUT2D eigenvalue weighted by Gasteiger charge is 2.03. The molecule has 0 fully saturated rings. The molecule has 1 aromatic rings. The van der Waals surface area contributed by atoms with Crippen LogP contribution >= 0.6 is 24.4 Å². The first-order chi connectivity index (χ1) is 9.69. The first-order valence-corrected chi connectivity index (χ1v) is 8.77. The monoisotopic (exact) mass is 314 g/mol. The van der Waals surface area contributed by atoms with Crippen molar-refractivity contribution >= 4 is 30.1 Å². The Morgan fingerprint density at radius 1 is 1.00 bits per heavy atom. The average molecular weight is 315 g/mol. The smallest absolute Gasteiger partial charge is 0.0790 e. The molecular weight excluding hydrogens is 284 g/mol. The van der Waals surface area contributed by atoms with Crippen molar-refractivity contribution in [2.24, 2.45) is 0 Å². The van der Waals surface area contributed by atoms with Crippen molar-refractivity contribution in [3.05, 3.63) is 15.1 Å². The van der Waals surface area contributed by atoms with E-state index in [2.05, 4.69) is 24.1 Å². The highest BCUT2D eigenvalue weighted by Crippen LogP contribution is 2.17. The number of nitrogens with zero attached hydrogens (tertiary/aromatic N) is 1. The van der Waals surface area contributed by atoms with Crippen molar-refractivity contribution in [1.29, 1.82) is 0 Å². The third kappa shape index (κ3) is 7.46. The first kappa shape index (κ1) is 19.7. The van der Waals surface area contributed by atoms with E-state index in [1.807, 2.05) is 19.9 Å². The van der Waals surface area contributed by atoms with Gasteiger partial charge in [-0.05, 0) is 51.4 Å². The predicted octanol–water partition coefficient (Wildman–Crippen LogP) is 5.36. The summed E-state index contributed by atoms with van der Waals surface area (Å²) in [5, 5.41) is 3.35. The van der Waals surface area contributed by atoms with Crippen molar-refractivity contribution in [3.63, 3.8) is 0 Å². The Labute approximate surface area is 135 Å². The quantitative estimate of drug-likeness (QED) is 0.461. The molecule has 0 unspecified atom stereocenters. The summed E-state index contributed by atoms with van der Waals surface area (Å²) in [6.45, 7) is 13.2. The zero-order valence-electron chi connectivity index (χ0n) is 13.5. The molecule has 1 N–H and O–H groups in total. The van der Waals surface area contributed by atoms with Gasteiger partial charge in [0.25, 0.3) is 0 Å². The molecule has 0 amide bonds. The zero-order valence-corrected chi connectivity index (χ0v) is 15.1. The fourth-order valence-corrected chi connectivity index (χ4v) is 2.52. The van der Waals surface area contributed by atoms with Crippen molar-refractivity contribution in [2.45, 2.75) is 53.4 Å². The summed E-state index contributed by atoms with van der Waals surface area (Å²) in [6.07, 6.45) is 4.93. The van der Waals surface area contributed by atoms with Crippen molar-refractivity contribution in [1.82, 2.24) is 4.90 Å². The van der Waals surface area contributed by atoms with E-state index in [-0.39, 0.29) is 0 Å². The molecule has 1 rings (SSSR count). The van der Waals surface area contributed by atoms with Crippen LogP contribution in [-0.2, 0) is 0 Å². The third-order valence-electron chi connectivity index (χ3n) is 3.04. The molecule has 0 spiro atoms. The lowest BCUT2D eigenvalue weighted by molar-refractivity contribution is 0.270. The fraction of sp³-hybridized carbons (Fsp3) is 0.750. The van der Waals surface area contributed by atoms with Crippen molar-refractivity contribution in [2.75, 3.05) is 31.5 Å². The van der Waals surface area contributed by atoms with E-state index < -0.39 is 0 Å². The molecule has 0 aromatic heterocycles. The van der Waals surface area contributed by atoms with Crippen LogP contribution in [0.25, 0.3) is 0 Å². The van der Waals surface area contributed by atoms with Crippen LogP contribution in [0.1, 0.15) is 53.4 Å². The summed E-state index contributed by atoms with van der Waals surface area (Å²) in [4.78, 5) is 2.56. The zero-order chi connectivity index (χ0) is 15.4. The predicted molar refractivity (Wildman–Crippen MR) is 96.6 cm³/mol. The molecule has 20 heavy (non-hydrogen) atoms. The third-order valence-corrected chi connectivity index (χ3v) is 3.93.